The molecule has 0 amide bonds. The SMILES string of the molecule is CCCCCCCCCCCCCCCCCCOCCOCCOCC(C)CC. The van der Waals surface area contributed by atoms with E-state index in [1.807, 2.05) is 0 Å². The van der Waals surface area contributed by atoms with E-state index in [0.29, 0.717) is 32.3 Å². The Kier molecular flexibility index (Phi) is 26.8. The molecule has 0 fully saturated rings. The third-order valence-corrected chi connectivity index (χ3v) is 5.99. The second-order valence-electron chi connectivity index (χ2n) is 9.12. The van der Waals surface area contributed by atoms with Crippen molar-refractivity contribution in [2.24, 2.45) is 5.92 Å². The number of rotatable bonds is 26. The molecule has 0 aliphatic rings. The summed E-state index contributed by atoms with van der Waals surface area (Å²) in [7, 11) is 0. The molecule has 3 heteroatoms. The van der Waals surface area contributed by atoms with E-state index in [1.165, 1.54) is 109 Å². The lowest BCUT2D eigenvalue weighted by Gasteiger charge is -2.10. The highest BCUT2D eigenvalue weighted by atomic mass is 16.5. The van der Waals surface area contributed by atoms with Gasteiger partial charge in [-0.2, -0.15) is 0 Å². The topological polar surface area (TPSA) is 27.7 Å². The Bertz CT molecular complexity index is 296. The first-order chi connectivity index (χ1) is 14.8. The summed E-state index contributed by atoms with van der Waals surface area (Å²) in [5, 5.41) is 0. The van der Waals surface area contributed by atoms with Crippen LogP contribution in [0.15, 0.2) is 0 Å². The van der Waals surface area contributed by atoms with Crippen molar-refractivity contribution in [3.8, 4) is 0 Å². The van der Waals surface area contributed by atoms with Gasteiger partial charge in [0.2, 0.25) is 0 Å². The fraction of sp³-hybridized carbons (Fsp3) is 1.00. The first-order valence-corrected chi connectivity index (χ1v) is 13.5. The van der Waals surface area contributed by atoms with Crippen LogP contribution in [0.3, 0.4) is 0 Å². The van der Waals surface area contributed by atoms with Crippen molar-refractivity contribution in [3.63, 3.8) is 0 Å². The second kappa shape index (κ2) is 26.9. The Morgan fingerprint density at radius 2 is 0.800 bits per heavy atom. The van der Waals surface area contributed by atoms with Crippen LogP contribution in [0.4, 0.5) is 0 Å². The zero-order chi connectivity index (χ0) is 22.0. The van der Waals surface area contributed by atoms with E-state index < -0.39 is 0 Å². The molecule has 1 unspecified atom stereocenters. The van der Waals surface area contributed by atoms with Crippen molar-refractivity contribution in [3.05, 3.63) is 0 Å². The average molecular weight is 429 g/mol. The third kappa shape index (κ3) is 25.9. The van der Waals surface area contributed by atoms with Crippen molar-refractivity contribution in [2.45, 2.75) is 130 Å². The van der Waals surface area contributed by atoms with Crippen LogP contribution in [0.25, 0.3) is 0 Å². The van der Waals surface area contributed by atoms with E-state index in [2.05, 4.69) is 20.8 Å². The number of hydrogen-bond acceptors (Lipinski definition) is 3. The Hall–Kier alpha value is -0.120. The summed E-state index contributed by atoms with van der Waals surface area (Å²) in [6.07, 6.45) is 23.7. The minimum Gasteiger partial charge on any atom is -0.379 e. The predicted octanol–water partition coefficient (Wildman–Crippen LogP) is 8.34. The van der Waals surface area contributed by atoms with E-state index in [0.717, 1.165) is 13.2 Å². The van der Waals surface area contributed by atoms with Gasteiger partial charge in [-0.1, -0.05) is 124 Å². The number of hydrogen-bond donors (Lipinski definition) is 0. The minimum absolute atomic E-state index is 0.646. The van der Waals surface area contributed by atoms with E-state index in [-0.39, 0.29) is 0 Å². The van der Waals surface area contributed by atoms with Gasteiger partial charge in [0, 0.05) is 13.2 Å². The van der Waals surface area contributed by atoms with E-state index in [4.69, 9.17) is 14.2 Å². The number of ether oxygens (including phenoxy) is 3. The fourth-order valence-corrected chi connectivity index (χ4v) is 3.59. The molecular formula is C27H56O3. The van der Waals surface area contributed by atoms with Gasteiger partial charge in [-0.05, 0) is 12.3 Å². The summed E-state index contributed by atoms with van der Waals surface area (Å²) in [4.78, 5) is 0. The van der Waals surface area contributed by atoms with Crippen LogP contribution >= 0.6 is 0 Å². The van der Waals surface area contributed by atoms with Crippen LogP contribution in [0.5, 0.6) is 0 Å². The molecule has 0 aromatic rings. The van der Waals surface area contributed by atoms with E-state index in [9.17, 15) is 0 Å². The van der Waals surface area contributed by atoms with Crippen molar-refractivity contribution in [1.29, 1.82) is 0 Å². The fourth-order valence-electron chi connectivity index (χ4n) is 3.59. The zero-order valence-corrected chi connectivity index (χ0v) is 21.1. The molecule has 0 bridgehead atoms. The molecule has 3 nitrogen and oxygen atoms in total. The van der Waals surface area contributed by atoms with Gasteiger partial charge in [0.15, 0.2) is 0 Å². The molecule has 0 saturated heterocycles. The molecule has 0 N–H and O–H groups in total. The summed E-state index contributed by atoms with van der Waals surface area (Å²) in [5.41, 5.74) is 0. The molecule has 0 aliphatic heterocycles. The molecule has 1 atom stereocenters. The maximum Gasteiger partial charge on any atom is 0.0701 e. The summed E-state index contributed by atoms with van der Waals surface area (Å²) in [6.45, 7) is 11.2. The lowest BCUT2D eigenvalue weighted by Crippen LogP contribution is -2.12. The Morgan fingerprint density at radius 3 is 1.23 bits per heavy atom. The summed E-state index contributed by atoms with van der Waals surface area (Å²) in [6, 6.07) is 0. The van der Waals surface area contributed by atoms with Crippen molar-refractivity contribution < 1.29 is 14.2 Å². The lowest BCUT2D eigenvalue weighted by atomic mass is 10.0. The average Bonchev–Trinajstić information content (AvgIpc) is 2.76. The quantitative estimate of drug-likeness (QED) is 0.130. The van der Waals surface area contributed by atoms with Crippen LogP contribution in [-0.2, 0) is 14.2 Å². The molecule has 30 heavy (non-hydrogen) atoms. The van der Waals surface area contributed by atoms with Gasteiger partial charge in [-0.25, -0.2) is 0 Å². The summed E-state index contributed by atoms with van der Waals surface area (Å²) in [5.74, 6) is 0.646. The third-order valence-electron chi connectivity index (χ3n) is 5.99. The monoisotopic (exact) mass is 428 g/mol. The van der Waals surface area contributed by atoms with E-state index >= 15 is 0 Å². The molecule has 0 aromatic carbocycles. The van der Waals surface area contributed by atoms with Gasteiger partial charge in [0.25, 0.3) is 0 Å². The zero-order valence-electron chi connectivity index (χ0n) is 21.1. The van der Waals surface area contributed by atoms with E-state index in [1.54, 1.807) is 0 Å². The highest BCUT2D eigenvalue weighted by molar-refractivity contribution is 4.50. The van der Waals surface area contributed by atoms with Crippen molar-refractivity contribution in [2.75, 3.05) is 39.6 Å². The molecule has 0 aromatic heterocycles. The standard InChI is InChI=1S/C27H56O3/c1-4-6-7-8-9-10-11-12-13-14-15-16-17-18-19-20-21-28-22-23-29-24-25-30-26-27(3)5-2/h27H,4-26H2,1-3H3. The second-order valence-corrected chi connectivity index (χ2v) is 9.12. The van der Waals surface area contributed by atoms with Gasteiger partial charge >= 0.3 is 0 Å². The molecule has 0 radical (unpaired) electrons. The maximum atomic E-state index is 5.65. The minimum atomic E-state index is 0.646. The van der Waals surface area contributed by atoms with Gasteiger partial charge in [0.05, 0.1) is 26.4 Å². The molecule has 0 spiro atoms. The molecule has 182 valence electrons. The highest BCUT2D eigenvalue weighted by Crippen LogP contribution is 2.13. The smallest absolute Gasteiger partial charge is 0.0701 e. The summed E-state index contributed by atoms with van der Waals surface area (Å²) >= 11 is 0. The lowest BCUT2D eigenvalue weighted by molar-refractivity contribution is 0.00771. The van der Waals surface area contributed by atoms with Crippen LogP contribution in [0, 0.1) is 5.92 Å². The molecule has 0 aliphatic carbocycles. The molecule has 0 heterocycles. The Morgan fingerprint density at radius 1 is 0.433 bits per heavy atom. The predicted molar refractivity (Wildman–Crippen MR) is 131 cm³/mol. The first-order valence-electron chi connectivity index (χ1n) is 13.5. The summed E-state index contributed by atoms with van der Waals surface area (Å²) < 4.78 is 16.7. The normalized spacial score (nSPS) is 12.5. The molecular weight excluding hydrogens is 372 g/mol. The van der Waals surface area contributed by atoms with Gasteiger partial charge < -0.3 is 14.2 Å². The Balaban J connectivity index is 3.00. The van der Waals surface area contributed by atoms with Gasteiger partial charge in [-0.15, -0.1) is 0 Å². The maximum absolute atomic E-state index is 5.65. The van der Waals surface area contributed by atoms with Crippen molar-refractivity contribution >= 4 is 0 Å². The Labute approximate surface area is 190 Å². The number of unbranched alkanes of at least 4 members (excludes halogenated alkanes) is 15. The van der Waals surface area contributed by atoms with Crippen LogP contribution < -0.4 is 0 Å². The van der Waals surface area contributed by atoms with Gasteiger partial charge in [-0.3, -0.25) is 0 Å². The highest BCUT2D eigenvalue weighted by Gasteiger charge is 1.98. The molecule has 0 saturated carbocycles. The van der Waals surface area contributed by atoms with Crippen LogP contribution in [0.1, 0.15) is 130 Å². The van der Waals surface area contributed by atoms with Crippen LogP contribution in [-0.4, -0.2) is 39.6 Å². The first kappa shape index (κ1) is 29.9. The largest absolute Gasteiger partial charge is 0.379 e. The van der Waals surface area contributed by atoms with Crippen molar-refractivity contribution in [1.82, 2.24) is 0 Å². The van der Waals surface area contributed by atoms with Crippen LogP contribution in [0.2, 0.25) is 0 Å². The van der Waals surface area contributed by atoms with Gasteiger partial charge in [0.1, 0.15) is 0 Å². The molecule has 0 rings (SSSR count).